The highest BCUT2D eigenvalue weighted by Gasteiger charge is 2.04. The lowest BCUT2D eigenvalue weighted by atomic mass is 10.1. The van der Waals surface area contributed by atoms with E-state index in [1.165, 1.54) is 5.56 Å². The van der Waals surface area contributed by atoms with E-state index in [9.17, 15) is 0 Å². The van der Waals surface area contributed by atoms with Gasteiger partial charge in [0.05, 0.1) is 5.69 Å². The predicted octanol–water partition coefficient (Wildman–Crippen LogP) is 2.20. The lowest BCUT2D eigenvalue weighted by Gasteiger charge is -2.05. The zero-order valence-electron chi connectivity index (χ0n) is 9.77. The summed E-state index contributed by atoms with van der Waals surface area (Å²) in [4.78, 5) is 4.39. The van der Waals surface area contributed by atoms with Crippen LogP contribution in [0.2, 0.25) is 0 Å². The number of aromatic nitrogens is 2. The molecule has 0 atom stereocenters. The highest BCUT2D eigenvalue weighted by atomic mass is 15.1. The Morgan fingerprint density at radius 3 is 2.44 bits per heavy atom. The molecule has 2 aromatic rings. The molecule has 1 aromatic heterocycles. The average Bonchev–Trinajstić information content (AvgIpc) is 2.71. The van der Waals surface area contributed by atoms with E-state index in [-0.39, 0.29) is 0 Å². The molecule has 0 fully saturated rings. The smallest absolute Gasteiger partial charge is 0.110 e. The summed E-state index contributed by atoms with van der Waals surface area (Å²) in [6.07, 6.45) is 3.06. The molecular formula is C13H17N3. The van der Waals surface area contributed by atoms with Crippen molar-refractivity contribution in [2.45, 2.75) is 26.8 Å². The van der Waals surface area contributed by atoms with E-state index >= 15 is 0 Å². The van der Waals surface area contributed by atoms with Crippen molar-refractivity contribution in [3.05, 3.63) is 47.5 Å². The van der Waals surface area contributed by atoms with Crippen molar-refractivity contribution in [1.82, 2.24) is 9.55 Å². The van der Waals surface area contributed by atoms with Gasteiger partial charge in [-0.05, 0) is 31.0 Å². The van der Waals surface area contributed by atoms with Gasteiger partial charge in [0, 0.05) is 18.4 Å². The van der Waals surface area contributed by atoms with Crippen LogP contribution >= 0.6 is 0 Å². The molecular weight excluding hydrogens is 198 g/mol. The van der Waals surface area contributed by atoms with Crippen molar-refractivity contribution in [3.63, 3.8) is 0 Å². The Labute approximate surface area is 95.9 Å². The summed E-state index contributed by atoms with van der Waals surface area (Å²) < 4.78 is 2.07. The molecule has 0 saturated heterocycles. The quantitative estimate of drug-likeness (QED) is 0.853. The van der Waals surface area contributed by atoms with Crippen LogP contribution < -0.4 is 5.73 Å². The normalized spacial score (nSPS) is 10.7. The van der Waals surface area contributed by atoms with Gasteiger partial charge in [0.2, 0.25) is 0 Å². The molecule has 2 rings (SSSR count). The van der Waals surface area contributed by atoms with Gasteiger partial charge in [0.25, 0.3) is 0 Å². The summed E-state index contributed by atoms with van der Waals surface area (Å²) in [7, 11) is 0. The first kappa shape index (κ1) is 10.9. The van der Waals surface area contributed by atoms with Crippen LogP contribution in [-0.4, -0.2) is 9.55 Å². The summed E-state index contributed by atoms with van der Waals surface area (Å²) in [6.45, 7) is 4.64. The molecule has 0 aliphatic rings. The summed E-state index contributed by atoms with van der Waals surface area (Å²) in [5, 5.41) is 0. The van der Waals surface area contributed by atoms with Crippen LogP contribution in [-0.2, 0) is 13.0 Å². The van der Waals surface area contributed by atoms with Gasteiger partial charge >= 0.3 is 0 Å². The lowest BCUT2D eigenvalue weighted by Crippen LogP contribution is -1.96. The second-order valence-corrected chi connectivity index (χ2v) is 3.87. The number of rotatable bonds is 3. The summed E-state index contributed by atoms with van der Waals surface area (Å²) in [5.74, 6) is 0.977. The van der Waals surface area contributed by atoms with Crippen molar-refractivity contribution in [2.24, 2.45) is 5.73 Å². The maximum Gasteiger partial charge on any atom is 0.110 e. The van der Waals surface area contributed by atoms with Crippen LogP contribution in [0, 0.1) is 6.92 Å². The maximum absolute atomic E-state index is 5.58. The fourth-order valence-corrected chi connectivity index (χ4v) is 1.78. The minimum absolute atomic E-state index is 0.487. The summed E-state index contributed by atoms with van der Waals surface area (Å²) >= 11 is 0. The molecule has 0 spiro atoms. The van der Waals surface area contributed by atoms with E-state index in [1.54, 1.807) is 0 Å². The van der Waals surface area contributed by atoms with Crippen molar-refractivity contribution in [2.75, 3.05) is 0 Å². The van der Waals surface area contributed by atoms with Gasteiger partial charge in [0.15, 0.2) is 0 Å². The molecule has 0 aliphatic heterocycles. The van der Waals surface area contributed by atoms with Crippen LogP contribution in [0.4, 0.5) is 0 Å². The number of hydrogen-bond donors (Lipinski definition) is 1. The van der Waals surface area contributed by atoms with Gasteiger partial charge in [-0.1, -0.05) is 19.1 Å². The molecule has 0 unspecified atom stereocenters. The molecule has 2 N–H and O–H groups in total. The van der Waals surface area contributed by atoms with Gasteiger partial charge in [0.1, 0.15) is 5.82 Å². The molecule has 0 radical (unpaired) electrons. The molecule has 3 heteroatoms. The minimum Gasteiger partial charge on any atom is -0.325 e. The third kappa shape index (κ3) is 1.99. The average molecular weight is 215 g/mol. The zero-order valence-corrected chi connectivity index (χ0v) is 9.77. The Morgan fingerprint density at radius 2 is 1.94 bits per heavy atom. The molecule has 3 nitrogen and oxygen atoms in total. The Kier molecular flexibility index (Phi) is 3.06. The first-order valence-electron chi connectivity index (χ1n) is 5.59. The second-order valence-electron chi connectivity index (χ2n) is 3.87. The van der Waals surface area contributed by atoms with Gasteiger partial charge < -0.3 is 10.3 Å². The highest BCUT2D eigenvalue weighted by molar-refractivity contribution is 5.36. The SMILES string of the molecule is CCc1ccc(-n2cc(CN)nc2C)cc1. The van der Waals surface area contributed by atoms with E-state index < -0.39 is 0 Å². The summed E-state index contributed by atoms with van der Waals surface area (Å²) in [5.41, 5.74) is 9.00. The van der Waals surface area contributed by atoms with Gasteiger partial charge in [-0.25, -0.2) is 4.98 Å². The van der Waals surface area contributed by atoms with E-state index in [0.29, 0.717) is 6.54 Å². The van der Waals surface area contributed by atoms with Crippen LogP contribution in [0.5, 0.6) is 0 Å². The fourth-order valence-electron chi connectivity index (χ4n) is 1.78. The molecule has 1 aromatic carbocycles. The Hall–Kier alpha value is -1.61. The summed E-state index contributed by atoms with van der Waals surface area (Å²) in [6, 6.07) is 8.54. The van der Waals surface area contributed by atoms with Crippen LogP contribution in [0.25, 0.3) is 5.69 Å². The van der Waals surface area contributed by atoms with Gasteiger partial charge in [-0.2, -0.15) is 0 Å². The van der Waals surface area contributed by atoms with Crippen molar-refractivity contribution in [3.8, 4) is 5.69 Å². The maximum atomic E-state index is 5.58. The van der Waals surface area contributed by atoms with E-state index in [4.69, 9.17) is 5.73 Å². The van der Waals surface area contributed by atoms with E-state index in [2.05, 4.69) is 40.7 Å². The topological polar surface area (TPSA) is 43.8 Å². The van der Waals surface area contributed by atoms with Crippen LogP contribution in [0.15, 0.2) is 30.5 Å². The van der Waals surface area contributed by atoms with Gasteiger partial charge in [-0.3, -0.25) is 0 Å². The van der Waals surface area contributed by atoms with E-state index in [1.807, 2.05) is 13.1 Å². The molecule has 0 aliphatic carbocycles. The number of nitrogens with zero attached hydrogens (tertiary/aromatic N) is 2. The lowest BCUT2D eigenvalue weighted by molar-refractivity contribution is 0.966. The predicted molar refractivity (Wildman–Crippen MR) is 65.6 cm³/mol. The van der Waals surface area contributed by atoms with Crippen molar-refractivity contribution in [1.29, 1.82) is 0 Å². The number of hydrogen-bond acceptors (Lipinski definition) is 2. The Balaban J connectivity index is 2.38. The third-order valence-corrected chi connectivity index (χ3v) is 2.76. The molecule has 0 bridgehead atoms. The number of nitrogens with two attached hydrogens (primary N) is 1. The standard InChI is InChI=1S/C13H17N3/c1-3-11-4-6-13(7-5-11)16-9-12(8-14)15-10(16)2/h4-7,9H,3,8,14H2,1-2H3. The number of benzene rings is 1. The third-order valence-electron chi connectivity index (χ3n) is 2.76. The van der Waals surface area contributed by atoms with Gasteiger partial charge in [-0.15, -0.1) is 0 Å². The Bertz CT molecular complexity index is 468. The van der Waals surface area contributed by atoms with Crippen LogP contribution in [0.3, 0.4) is 0 Å². The fraction of sp³-hybridized carbons (Fsp3) is 0.308. The first-order valence-corrected chi connectivity index (χ1v) is 5.59. The Morgan fingerprint density at radius 1 is 1.25 bits per heavy atom. The molecule has 16 heavy (non-hydrogen) atoms. The molecule has 0 amide bonds. The highest BCUT2D eigenvalue weighted by Crippen LogP contribution is 2.13. The monoisotopic (exact) mass is 215 g/mol. The number of aryl methyl sites for hydroxylation is 2. The molecule has 84 valence electrons. The van der Waals surface area contributed by atoms with Crippen molar-refractivity contribution < 1.29 is 0 Å². The number of imidazole rings is 1. The first-order chi connectivity index (χ1) is 7.74. The minimum atomic E-state index is 0.487. The van der Waals surface area contributed by atoms with Crippen molar-refractivity contribution >= 4 is 0 Å². The molecule has 1 heterocycles. The van der Waals surface area contributed by atoms with E-state index in [0.717, 1.165) is 23.6 Å². The second kappa shape index (κ2) is 4.49. The largest absolute Gasteiger partial charge is 0.325 e. The zero-order chi connectivity index (χ0) is 11.5. The molecule has 0 saturated carbocycles. The van der Waals surface area contributed by atoms with Crippen LogP contribution in [0.1, 0.15) is 24.0 Å².